The summed E-state index contributed by atoms with van der Waals surface area (Å²) < 4.78 is 10.5. The van der Waals surface area contributed by atoms with Gasteiger partial charge in [-0.05, 0) is 30.7 Å². The fourth-order valence-corrected chi connectivity index (χ4v) is 2.38. The van der Waals surface area contributed by atoms with Gasteiger partial charge in [0, 0.05) is 30.4 Å². The average molecular weight is 358 g/mol. The number of nitrogens with one attached hydrogen (secondary N) is 1. The summed E-state index contributed by atoms with van der Waals surface area (Å²) in [6.45, 7) is 2.92. The number of methoxy groups -OCH3 is 1. The average Bonchev–Trinajstić information content (AvgIpc) is 2.65. The highest BCUT2D eigenvalue weighted by molar-refractivity contribution is 5.91. The predicted molar refractivity (Wildman–Crippen MR) is 99.0 cm³/mol. The first-order valence-electron chi connectivity index (χ1n) is 8.43. The normalized spacial score (nSPS) is 10.2. The Bertz CT molecular complexity index is 759. The van der Waals surface area contributed by atoms with E-state index >= 15 is 0 Å². The fourth-order valence-electron chi connectivity index (χ4n) is 2.38. The smallest absolute Gasteiger partial charge is 0.338 e. The number of nitrogens with zero attached hydrogens (tertiary/aromatic N) is 1. The van der Waals surface area contributed by atoms with Gasteiger partial charge in [0.15, 0.2) is 0 Å². The van der Waals surface area contributed by atoms with Crippen LogP contribution < -0.4 is 10.1 Å². The molecule has 0 fully saturated rings. The first-order chi connectivity index (χ1) is 12.5. The molecule has 2 rings (SSSR count). The maximum Gasteiger partial charge on any atom is 0.338 e. The van der Waals surface area contributed by atoms with E-state index in [-0.39, 0.29) is 5.69 Å². The van der Waals surface area contributed by atoms with Crippen molar-refractivity contribution in [3.05, 3.63) is 58.1 Å². The monoisotopic (exact) mass is 358 g/mol. The summed E-state index contributed by atoms with van der Waals surface area (Å²) in [5.74, 6) is 0.421. The fraction of sp³-hybridized carbons (Fsp3) is 0.316. The molecule has 0 heterocycles. The zero-order valence-electron chi connectivity index (χ0n) is 14.9. The summed E-state index contributed by atoms with van der Waals surface area (Å²) in [7, 11) is 1.32. The number of rotatable bonds is 9. The second kappa shape index (κ2) is 9.41. The van der Waals surface area contributed by atoms with Gasteiger partial charge in [0.25, 0.3) is 5.69 Å². The van der Waals surface area contributed by atoms with Gasteiger partial charge in [0.1, 0.15) is 11.5 Å². The minimum absolute atomic E-state index is 0.0149. The Morgan fingerprint density at radius 3 is 2.46 bits per heavy atom. The lowest BCUT2D eigenvalue weighted by molar-refractivity contribution is -0.384. The molecule has 0 unspecified atom stereocenters. The Morgan fingerprint density at radius 1 is 1.12 bits per heavy atom. The lowest BCUT2D eigenvalue weighted by Gasteiger charge is -2.12. The van der Waals surface area contributed by atoms with Crippen LogP contribution in [0.1, 0.15) is 36.5 Å². The van der Waals surface area contributed by atoms with Crippen molar-refractivity contribution >= 4 is 17.3 Å². The molecule has 7 nitrogen and oxygen atoms in total. The molecule has 138 valence electrons. The molecule has 2 aromatic carbocycles. The number of nitro groups is 1. The van der Waals surface area contributed by atoms with Crippen LogP contribution in [0, 0.1) is 10.1 Å². The van der Waals surface area contributed by atoms with E-state index in [2.05, 4.69) is 12.2 Å². The van der Waals surface area contributed by atoms with Crippen LogP contribution in [0.4, 0.5) is 11.4 Å². The number of hydrogen-bond donors (Lipinski definition) is 1. The van der Waals surface area contributed by atoms with E-state index in [1.807, 2.05) is 0 Å². The van der Waals surface area contributed by atoms with Crippen LogP contribution in [0.2, 0.25) is 0 Å². The largest absolute Gasteiger partial charge is 0.465 e. The molecule has 2 aromatic rings. The van der Waals surface area contributed by atoms with Crippen LogP contribution >= 0.6 is 0 Å². The van der Waals surface area contributed by atoms with Gasteiger partial charge in [-0.3, -0.25) is 10.1 Å². The van der Waals surface area contributed by atoms with E-state index in [1.165, 1.54) is 31.4 Å². The second-order valence-corrected chi connectivity index (χ2v) is 5.72. The minimum atomic E-state index is -0.472. The number of unbranched alkanes of at least 4 members (excludes halogenated alkanes) is 2. The van der Waals surface area contributed by atoms with E-state index in [0.29, 0.717) is 17.1 Å². The van der Waals surface area contributed by atoms with Gasteiger partial charge in [-0.2, -0.15) is 0 Å². The van der Waals surface area contributed by atoms with Crippen molar-refractivity contribution in [3.63, 3.8) is 0 Å². The number of hydrogen-bond acceptors (Lipinski definition) is 6. The number of anilines is 1. The molecular formula is C19H22N2O5. The molecule has 0 saturated heterocycles. The highest BCUT2D eigenvalue weighted by atomic mass is 16.6. The number of carbonyl (C=O) groups excluding carboxylic acids is 1. The zero-order valence-corrected chi connectivity index (χ0v) is 14.9. The Morgan fingerprint density at radius 2 is 1.85 bits per heavy atom. The first kappa shape index (κ1) is 19.2. The molecule has 0 amide bonds. The number of esters is 1. The van der Waals surface area contributed by atoms with Crippen LogP contribution in [-0.4, -0.2) is 24.5 Å². The summed E-state index contributed by atoms with van der Waals surface area (Å²) in [4.78, 5) is 22.1. The van der Waals surface area contributed by atoms with Gasteiger partial charge in [-0.25, -0.2) is 4.79 Å². The van der Waals surface area contributed by atoms with Crippen molar-refractivity contribution in [3.8, 4) is 11.5 Å². The van der Waals surface area contributed by atoms with Gasteiger partial charge in [-0.15, -0.1) is 0 Å². The SMILES string of the molecule is CCCCCNc1cc(Oc2ccc([N+](=O)[O-])cc2)cc(C(=O)OC)c1. The maximum atomic E-state index is 11.9. The van der Waals surface area contributed by atoms with Gasteiger partial charge in [0.05, 0.1) is 17.6 Å². The van der Waals surface area contributed by atoms with Gasteiger partial charge >= 0.3 is 5.97 Å². The number of nitro benzene ring substituents is 1. The maximum absolute atomic E-state index is 11.9. The molecular weight excluding hydrogens is 336 g/mol. The predicted octanol–water partition coefficient (Wildman–Crippen LogP) is 4.78. The van der Waals surface area contributed by atoms with Crippen molar-refractivity contribution in [2.75, 3.05) is 19.0 Å². The zero-order chi connectivity index (χ0) is 18.9. The van der Waals surface area contributed by atoms with Crippen LogP contribution in [0.3, 0.4) is 0 Å². The molecule has 0 aliphatic rings. The van der Waals surface area contributed by atoms with Crippen molar-refractivity contribution in [1.82, 2.24) is 0 Å². The molecule has 0 radical (unpaired) electrons. The number of non-ortho nitro benzene ring substituents is 1. The van der Waals surface area contributed by atoms with Gasteiger partial charge < -0.3 is 14.8 Å². The summed E-state index contributed by atoms with van der Waals surface area (Å²) in [5, 5.41) is 14.0. The van der Waals surface area contributed by atoms with Crippen LogP contribution in [0.15, 0.2) is 42.5 Å². The van der Waals surface area contributed by atoms with Crippen LogP contribution in [0.25, 0.3) is 0 Å². The van der Waals surface area contributed by atoms with Crippen molar-refractivity contribution < 1.29 is 19.2 Å². The minimum Gasteiger partial charge on any atom is -0.465 e. The van der Waals surface area contributed by atoms with Crippen molar-refractivity contribution in [2.45, 2.75) is 26.2 Å². The molecule has 0 aliphatic carbocycles. The van der Waals surface area contributed by atoms with E-state index in [1.54, 1.807) is 18.2 Å². The Labute approximate surface area is 152 Å². The number of ether oxygens (including phenoxy) is 2. The van der Waals surface area contributed by atoms with Crippen molar-refractivity contribution in [1.29, 1.82) is 0 Å². The van der Waals surface area contributed by atoms with Gasteiger partial charge in [0.2, 0.25) is 0 Å². The van der Waals surface area contributed by atoms with E-state index < -0.39 is 10.9 Å². The summed E-state index contributed by atoms with van der Waals surface area (Å²) in [5.41, 5.74) is 1.10. The molecule has 0 atom stereocenters. The van der Waals surface area contributed by atoms with Crippen LogP contribution in [-0.2, 0) is 4.74 Å². The topological polar surface area (TPSA) is 90.7 Å². The Balaban J connectivity index is 2.19. The molecule has 0 spiro atoms. The first-order valence-corrected chi connectivity index (χ1v) is 8.43. The molecule has 7 heteroatoms. The highest BCUT2D eigenvalue weighted by Gasteiger charge is 2.11. The van der Waals surface area contributed by atoms with E-state index in [9.17, 15) is 14.9 Å². The molecule has 0 aliphatic heterocycles. The number of benzene rings is 2. The molecule has 0 bridgehead atoms. The lowest BCUT2D eigenvalue weighted by atomic mass is 10.1. The van der Waals surface area contributed by atoms with Crippen LogP contribution in [0.5, 0.6) is 11.5 Å². The highest BCUT2D eigenvalue weighted by Crippen LogP contribution is 2.28. The quantitative estimate of drug-likeness (QED) is 0.300. The standard InChI is InChI=1S/C19H22N2O5/c1-3-4-5-10-20-15-11-14(19(22)25-2)12-18(13-15)26-17-8-6-16(7-9-17)21(23)24/h6-9,11-13,20H,3-5,10H2,1-2H3. The Kier molecular flexibility index (Phi) is 6.96. The molecule has 0 saturated carbocycles. The van der Waals surface area contributed by atoms with E-state index in [0.717, 1.165) is 31.5 Å². The third-order valence-electron chi connectivity index (χ3n) is 3.72. The molecule has 26 heavy (non-hydrogen) atoms. The third-order valence-corrected chi connectivity index (χ3v) is 3.72. The summed E-state index contributed by atoms with van der Waals surface area (Å²) >= 11 is 0. The molecule has 1 N–H and O–H groups in total. The Hall–Kier alpha value is -3.09. The second-order valence-electron chi connectivity index (χ2n) is 5.72. The number of carbonyl (C=O) groups is 1. The third kappa shape index (κ3) is 5.47. The van der Waals surface area contributed by atoms with Gasteiger partial charge in [-0.1, -0.05) is 19.8 Å². The van der Waals surface area contributed by atoms with E-state index in [4.69, 9.17) is 9.47 Å². The summed E-state index contributed by atoms with van der Waals surface area (Å²) in [6.07, 6.45) is 3.27. The lowest BCUT2D eigenvalue weighted by Crippen LogP contribution is -2.05. The molecule has 0 aromatic heterocycles. The summed E-state index contributed by atoms with van der Waals surface area (Å²) in [6, 6.07) is 10.8. The van der Waals surface area contributed by atoms with Crippen molar-refractivity contribution in [2.24, 2.45) is 0 Å².